The fourth-order valence-electron chi connectivity index (χ4n) is 1.10. The fraction of sp³-hybridized carbons (Fsp3) is 0.667. The molecule has 0 fully saturated rings. The maximum atomic E-state index is 10.6. The highest BCUT2D eigenvalue weighted by atomic mass is 79.9. The smallest absolute Gasteiger partial charge is 0.388 e. The molecule has 7 heteroatoms. The predicted molar refractivity (Wildman–Crippen MR) is 62.0 cm³/mol. The second kappa shape index (κ2) is 4.50. The van der Waals surface area contributed by atoms with E-state index in [4.69, 9.17) is 0 Å². The van der Waals surface area contributed by atoms with E-state index in [-0.39, 0.29) is 18.3 Å². The monoisotopic (exact) mass is 291 g/mol. The van der Waals surface area contributed by atoms with E-state index in [9.17, 15) is 15.2 Å². The Morgan fingerprint density at radius 2 is 2.31 bits per heavy atom. The highest BCUT2D eigenvalue weighted by Crippen LogP contribution is 2.24. The average molecular weight is 292 g/mol. The lowest BCUT2D eigenvalue weighted by Crippen LogP contribution is -2.36. The third kappa shape index (κ3) is 2.79. The maximum absolute atomic E-state index is 10.6. The lowest BCUT2D eigenvalue weighted by Gasteiger charge is -2.26. The van der Waals surface area contributed by atoms with Crippen molar-refractivity contribution >= 4 is 21.7 Å². The topological polar surface area (TPSA) is 81.2 Å². The molecule has 0 aliphatic heterocycles. The molecule has 1 aromatic rings. The minimum absolute atomic E-state index is 0.0366. The van der Waals surface area contributed by atoms with Crippen LogP contribution in [0.4, 0.5) is 5.82 Å². The molecule has 1 aromatic heterocycles. The summed E-state index contributed by atoms with van der Waals surface area (Å²) in [4.78, 5) is 10.0. The molecule has 0 amide bonds. The van der Waals surface area contributed by atoms with Crippen LogP contribution in [0.2, 0.25) is 0 Å². The standard InChI is InChI=1S/C9H14BrN3O3/c1-6(2)9(3,14)5-12-4-7(10)8(11-12)13(15)16/h4,6,14H,5H2,1-3H3. The van der Waals surface area contributed by atoms with Gasteiger partial charge in [-0.25, -0.2) is 0 Å². The summed E-state index contributed by atoms with van der Waals surface area (Å²) in [5, 5.41) is 24.4. The zero-order valence-electron chi connectivity index (χ0n) is 9.35. The van der Waals surface area contributed by atoms with Crippen LogP contribution in [-0.2, 0) is 6.54 Å². The van der Waals surface area contributed by atoms with Gasteiger partial charge >= 0.3 is 5.82 Å². The van der Waals surface area contributed by atoms with Crippen molar-refractivity contribution in [3.05, 3.63) is 20.8 Å². The summed E-state index contributed by atoms with van der Waals surface area (Å²) >= 11 is 3.06. The van der Waals surface area contributed by atoms with Crippen molar-refractivity contribution in [2.45, 2.75) is 32.9 Å². The van der Waals surface area contributed by atoms with Crippen LogP contribution in [0.1, 0.15) is 20.8 Å². The first-order valence-electron chi connectivity index (χ1n) is 4.83. The van der Waals surface area contributed by atoms with Crippen LogP contribution in [0.15, 0.2) is 10.7 Å². The minimum atomic E-state index is -0.945. The van der Waals surface area contributed by atoms with Crippen LogP contribution in [-0.4, -0.2) is 25.4 Å². The van der Waals surface area contributed by atoms with Crippen LogP contribution in [0.5, 0.6) is 0 Å². The largest absolute Gasteiger partial charge is 0.404 e. The molecule has 1 heterocycles. The Hall–Kier alpha value is -0.950. The number of hydrogen-bond donors (Lipinski definition) is 1. The number of aromatic nitrogens is 2. The Morgan fingerprint density at radius 1 is 1.75 bits per heavy atom. The van der Waals surface area contributed by atoms with E-state index < -0.39 is 10.5 Å². The van der Waals surface area contributed by atoms with Crippen LogP contribution < -0.4 is 0 Å². The summed E-state index contributed by atoms with van der Waals surface area (Å²) in [5.74, 6) is -0.200. The number of nitro groups is 1. The van der Waals surface area contributed by atoms with Crippen molar-refractivity contribution in [1.82, 2.24) is 9.78 Å². The molecule has 0 radical (unpaired) electrons. The zero-order chi connectivity index (χ0) is 12.5. The van der Waals surface area contributed by atoms with Crippen molar-refractivity contribution in [2.75, 3.05) is 0 Å². The van der Waals surface area contributed by atoms with Gasteiger partial charge < -0.3 is 15.2 Å². The lowest BCUT2D eigenvalue weighted by atomic mass is 9.93. The van der Waals surface area contributed by atoms with Gasteiger partial charge in [-0.05, 0) is 33.7 Å². The van der Waals surface area contributed by atoms with Gasteiger partial charge in [0, 0.05) is 0 Å². The summed E-state index contributed by atoms with van der Waals surface area (Å²) in [6.07, 6.45) is 1.50. The van der Waals surface area contributed by atoms with E-state index in [0.717, 1.165) is 0 Å². The van der Waals surface area contributed by atoms with Crippen molar-refractivity contribution in [1.29, 1.82) is 0 Å². The number of halogens is 1. The summed E-state index contributed by atoms with van der Waals surface area (Å²) < 4.78 is 1.69. The molecule has 6 nitrogen and oxygen atoms in total. The molecule has 0 aliphatic rings. The van der Waals surface area contributed by atoms with E-state index in [1.54, 1.807) is 6.92 Å². The minimum Gasteiger partial charge on any atom is -0.388 e. The highest BCUT2D eigenvalue weighted by molar-refractivity contribution is 9.10. The first-order chi connectivity index (χ1) is 7.24. The Bertz CT molecular complexity index is 401. The molecule has 1 N–H and O–H groups in total. The van der Waals surface area contributed by atoms with E-state index >= 15 is 0 Å². The molecule has 0 bridgehead atoms. The third-order valence-corrected chi connectivity index (χ3v) is 3.16. The predicted octanol–water partition coefficient (Wildman–Crippen LogP) is 1.96. The van der Waals surface area contributed by atoms with E-state index in [1.165, 1.54) is 10.9 Å². The molecule has 0 saturated carbocycles. The van der Waals surface area contributed by atoms with Crippen molar-refractivity contribution in [2.24, 2.45) is 5.92 Å². The number of aliphatic hydroxyl groups is 1. The van der Waals surface area contributed by atoms with Gasteiger partial charge in [-0.3, -0.25) is 0 Å². The van der Waals surface area contributed by atoms with E-state index in [0.29, 0.717) is 4.47 Å². The molecule has 90 valence electrons. The van der Waals surface area contributed by atoms with Gasteiger partial charge in [0.25, 0.3) is 0 Å². The first-order valence-corrected chi connectivity index (χ1v) is 5.63. The Labute approximate surface area is 102 Å². The van der Waals surface area contributed by atoms with Gasteiger partial charge in [0.1, 0.15) is 4.47 Å². The molecule has 0 saturated heterocycles. The normalized spacial score (nSPS) is 15.1. The van der Waals surface area contributed by atoms with Crippen molar-refractivity contribution < 1.29 is 10.0 Å². The van der Waals surface area contributed by atoms with Gasteiger partial charge in [-0.2, -0.15) is 4.68 Å². The summed E-state index contributed by atoms with van der Waals surface area (Å²) in [7, 11) is 0. The Balaban J connectivity index is 2.91. The molecule has 0 spiro atoms. The number of hydrogen-bond acceptors (Lipinski definition) is 4. The van der Waals surface area contributed by atoms with Gasteiger partial charge in [0.2, 0.25) is 0 Å². The Morgan fingerprint density at radius 3 is 2.69 bits per heavy atom. The summed E-state index contributed by atoms with van der Waals surface area (Å²) in [6.45, 7) is 5.66. The quantitative estimate of drug-likeness (QED) is 0.679. The van der Waals surface area contributed by atoms with Crippen LogP contribution in [0.25, 0.3) is 0 Å². The molecule has 1 atom stereocenters. The maximum Gasteiger partial charge on any atom is 0.404 e. The number of nitrogens with zero attached hydrogens (tertiary/aromatic N) is 3. The zero-order valence-corrected chi connectivity index (χ0v) is 10.9. The molecule has 16 heavy (non-hydrogen) atoms. The second-order valence-electron chi connectivity index (χ2n) is 4.27. The van der Waals surface area contributed by atoms with E-state index in [2.05, 4.69) is 21.0 Å². The first kappa shape index (κ1) is 13.1. The lowest BCUT2D eigenvalue weighted by molar-refractivity contribution is -0.390. The number of rotatable bonds is 4. The van der Waals surface area contributed by atoms with Crippen LogP contribution in [0.3, 0.4) is 0 Å². The van der Waals surface area contributed by atoms with Crippen molar-refractivity contribution in [3.63, 3.8) is 0 Å². The molecule has 0 aromatic carbocycles. The third-order valence-electron chi connectivity index (χ3n) is 2.60. The summed E-state index contributed by atoms with van der Waals surface area (Å²) in [6, 6.07) is 0. The van der Waals surface area contributed by atoms with Crippen LogP contribution in [0, 0.1) is 16.0 Å². The van der Waals surface area contributed by atoms with Gasteiger partial charge in [-0.1, -0.05) is 13.8 Å². The molecule has 1 unspecified atom stereocenters. The van der Waals surface area contributed by atoms with Gasteiger partial charge in [0.05, 0.1) is 23.4 Å². The Kier molecular flexibility index (Phi) is 3.69. The van der Waals surface area contributed by atoms with Gasteiger partial charge in [0.15, 0.2) is 0 Å². The molecule has 0 aliphatic carbocycles. The van der Waals surface area contributed by atoms with Crippen molar-refractivity contribution in [3.8, 4) is 0 Å². The summed E-state index contributed by atoms with van der Waals surface area (Å²) in [5.41, 5.74) is -0.945. The van der Waals surface area contributed by atoms with Crippen LogP contribution >= 0.6 is 15.9 Å². The van der Waals surface area contributed by atoms with E-state index in [1.807, 2.05) is 13.8 Å². The average Bonchev–Trinajstić information content (AvgIpc) is 2.45. The SMILES string of the molecule is CC(C)C(C)(O)Cn1cc(Br)c([N+](=O)[O-])n1. The molecule has 1 rings (SSSR count). The molecular formula is C9H14BrN3O3. The molecular weight excluding hydrogens is 278 g/mol. The van der Waals surface area contributed by atoms with Gasteiger partial charge in [-0.15, -0.1) is 0 Å². The second-order valence-corrected chi connectivity index (χ2v) is 5.12. The highest BCUT2D eigenvalue weighted by Gasteiger charge is 2.29. The fourth-order valence-corrected chi connectivity index (χ4v) is 1.56.